The van der Waals surface area contributed by atoms with E-state index in [0.717, 1.165) is 32.7 Å². The molecule has 3 aromatic carbocycles. The minimum Gasteiger partial charge on any atom is -0.293 e. The van der Waals surface area contributed by atoms with Crippen LogP contribution >= 0.6 is 23.4 Å². The van der Waals surface area contributed by atoms with E-state index in [2.05, 4.69) is 0 Å². The SMILES string of the molecule is O=C(CSc1nc2ccccc2c2nc3ccccc3n12)c1ccccc1Cl. The third kappa shape index (κ3) is 2.84. The van der Waals surface area contributed by atoms with Crippen LogP contribution in [-0.4, -0.2) is 25.9 Å². The number of nitrogens with zero attached hydrogens (tertiary/aromatic N) is 3. The molecule has 6 heteroatoms. The lowest BCUT2D eigenvalue weighted by Gasteiger charge is -2.08. The minimum atomic E-state index is -0.0249. The molecule has 0 spiro atoms. The number of halogens is 1. The molecule has 0 bridgehead atoms. The Morgan fingerprint density at radius 3 is 2.46 bits per heavy atom. The second-order valence-corrected chi connectivity index (χ2v) is 7.71. The van der Waals surface area contributed by atoms with E-state index in [-0.39, 0.29) is 11.5 Å². The fraction of sp³-hybridized carbons (Fsp3) is 0.0455. The maximum absolute atomic E-state index is 12.7. The summed E-state index contributed by atoms with van der Waals surface area (Å²) in [6, 6.07) is 23.0. The van der Waals surface area contributed by atoms with E-state index >= 15 is 0 Å². The quantitative estimate of drug-likeness (QED) is 0.220. The summed E-state index contributed by atoms with van der Waals surface area (Å²) in [5.74, 6) is 0.222. The van der Waals surface area contributed by atoms with Gasteiger partial charge in [0.15, 0.2) is 10.9 Å². The Kier molecular flexibility index (Phi) is 4.26. The van der Waals surface area contributed by atoms with Gasteiger partial charge in [-0.05, 0) is 36.4 Å². The summed E-state index contributed by atoms with van der Waals surface area (Å²) < 4.78 is 2.03. The molecular formula is C22H14ClN3OS. The standard InChI is InChI=1S/C22H14ClN3OS/c23-16-9-3-1-7-14(16)20(27)13-28-22-25-17-10-4-2-8-15(17)21-24-18-11-5-6-12-19(18)26(21)22/h1-12H,13H2. The molecular weight excluding hydrogens is 390 g/mol. The molecule has 5 aromatic rings. The van der Waals surface area contributed by atoms with E-state index in [1.165, 1.54) is 11.8 Å². The molecule has 0 unspecified atom stereocenters. The van der Waals surface area contributed by atoms with Crippen molar-refractivity contribution in [2.24, 2.45) is 0 Å². The number of carbonyl (C=O) groups is 1. The molecule has 0 aliphatic heterocycles. The largest absolute Gasteiger partial charge is 0.293 e. The summed E-state index contributed by atoms with van der Waals surface area (Å²) in [5, 5.41) is 2.20. The molecule has 0 aliphatic carbocycles. The van der Waals surface area contributed by atoms with E-state index in [1.54, 1.807) is 12.1 Å². The van der Waals surface area contributed by atoms with Gasteiger partial charge in [-0.2, -0.15) is 0 Å². The van der Waals surface area contributed by atoms with Gasteiger partial charge in [-0.1, -0.05) is 59.8 Å². The van der Waals surface area contributed by atoms with Crippen molar-refractivity contribution >= 4 is 56.7 Å². The van der Waals surface area contributed by atoms with E-state index in [0.29, 0.717) is 10.6 Å². The van der Waals surface area contributed by atoms with Crippen molar-refractivity contribution in [3.05, 3.63) is 83.4 Å². The number of ketones is 1. The number of para-hydroxylation sites is 3. The lowest BCUT2D eigenvalue weighted by atomic mass is 10.1. The van der Waals surface area contributed by atoms with E-state index in [9.17, 15) is 4.79 Å². The molecule has 0 fully saturated rings. The topological polar surface area (TPSA) is 47.3 Å². The van der Waals surface area contributed by atoms with Crippen LogP contribution in [0.3, 0.4) is 0 Å². The smallest absolute Gasteiger partial charge is 0.175 e. The number of imidazole rings is 1. The average molecular weight is 404 g/mol. The summed E-state index contributed by atoms with van der Waals surface area (Å²) >= 11 is 7.57. The van der Waals surface area contributed by atoms with Crippen LogP contribution in [0, 0.1) is 0 Å². The van der Waals surface area contributed by atoms with Gasteiger partial charge in [0.25, 0.3) is 0 Å². The Morgan fingerprint density at radius 1 is 0.893 bits per heavy atom. The molecule has 0 saturated heterocycles. The van der Waals surface area contributed by atoms with Crippen molar-refractivity contribution in [3.8, 4) is 0 Å². The van der Waals surface area contributed by atoms with E-state index in [1.807, 2.05) is 65.1 Å². The molecule has 136 valence electrons. The Hall–Kier alpha value is -2.89. The number of rotatable bonds is 4. The molecule has 5 rings (SSSR count). The molecule has 2 aromatic heterocycles. The number of benzene rings is 3. The molecule has 4 nitrogen and oxygen atoms in total. The van der Waals surface area contributed by atoms with Crippen LogP contribution in [0.2, 0.25) is 5.02 Å². The van der Waals surface area contributed by atoms with Gasteiger partial charge in [0.2, 0.25) is 0 Å². The van der Waals surface area contributed by atoms with Crippen molar-refractivity contribution in [1.82, 2.24) is 14.4 Å². The molecule has 0 amide bonds. The third-order valence-corrected chi connectivity index (χ3v) is 5.89. The molecule has 0 N–H and O–H groups in total. The van der Waals surface area contributed by atoms with Gasteiger partial charge in [0, 0.05) is 10.9 Å². The number of fused-ring (bicyclic) bond motifs is 5. The first kappa shape index (κ1) is 17.2. The van der Waals surface area contributed by atoms with Gasteiger partial charge in [-0.3, -0.25) is 9.20 Å². The average Bonchev–Trinajstić information content (AvgIpc) is 3.12. The molecule has 0 saturated carbocycles. The van der Waals surface area contributed by atoms with Crippen molar-refractivity contribution in [1.29, 1.82) is 0 Å². The van der Waals surface area contributed by atoms with Crippen molar-refractivity contribution in [3.63, 3.8) is 0 Å². The molecule has 0 aliphatic rings. The third-order valence-electron chi connectivity index (χ3n) is 4.62. The van der Waals surface area contributed by atoms with E-state index in [4.69, 9.17) is 21.6 Å². The Bertz CT molecular complexity index is 1360. The predicted molar refractivity (Wildman–Crippen MR) is 115 cm³/mol. The highest BCUT2D eigenvalue weighted by Gasteiger charge is 2.16. The van der Waals surface area contributed by atoms with Crippen LogP contribution in [0.25, 0.3) is 27.6 Å². The highest BCUT2D eigenvalue weighted by molar-refractivity contribution is 7.99. The summed E-state index contributed by atoms with van der Waals surface area (Å²) in [6.45, 7) is 0. The number of Topliss-reactive ketones (excluding diaryl/α,β-unsaturated/α-hetero) is 1. The summed E-state index contributed by atoms with van der Waals surface area (Å²) in [4.78, 5) is 22.3. The zero-order chi connectivity index (χ0) is 19.1. The van der Waals surface area contributed by atoms with Crippen LogP contribution < -0.4 is 0 Å². The Labute approximate surface area is 170 Å². The predicted octanol–water partition coefficient (Wildman–Crippen LogP) is 5.66. The van der Waals surface area contributed by atoms with Crippen molar-refractivity contribution < 1.29 is 4.79 Å². The lowest BCUT2D eigenvalue weighted by molar-refractivity contribution is 0.102. The summed E-state index contributed by atoms with van der Waals surface area (Å²) in [6.07, 6.45) is 0. The normalized spacial score (nSPS) is 11.5. The number of hydrogen-bond donors (Lipinski definition) is 0. The van der Waals surface area contributed by atoms with Gasteiger partial charge in [0.1, 0.15) is 5.65 Å². The molecule has 2 heterocycles. The zero-order valence-corrected chi connectivity index (χ0v) is 16.2. The van der Waals surface area contributed by atoms with Gasteiger partial charge >= 0.3 is 0 Å². The van der Waals surface area contributed by atoms with Crippen LogP contribution in [0.4, 0.5) is 0 Å². The van der Waals surface area contributed by atoms with Crippen LogP contribution in [0.1, 0.15) is 10.4 Å². The molecule has 0 atom stereocenters. The Morgan fingerprint density at radius 2 is 1.61 bits per heavy atom. The Balaban J connectivity index is 1.63. The van der Waals surface area contributed by atoms with Crippen LogP contribution in [0.5, 0.6) is 0 Å². The fourth-order valence-electron chi connectivity index (χ4n) is 3.31. The second-order valence-electron chi connectivity index (χ2n) is 6.36. The van der Waals surface area contributed by atoms with Gasteiger partial charge in [-0.15, -0.1) is 0 Å². The van der Waals surface area contributed by atoms with Crippen molar-refractivity contribution in [2.75, 3.05) is 5.75 Å². The monoisotopic (exact) mass is 403 g/mol. The minimum absolute atomic E-state index is 0.0249. The number of carbonyl (C=O) groups excluding carboxylic acids is 1. The summed E-state index contributed by atoms with van der Waals surface area (Å²) in [5.41, 5.74) is 4.12. The number of hydrogen-bond acceptors (Lipinski definition) is 4. The first-order chi connectivity index (χ1) is 13.7. The zero-order valence-electron chi connectivity index (χ0n) is 14.7. The van der Waals surface area contributed by atoms with Gasteiger partial charge < -0.3 is 0 Å². The highest BCUT2D eigenvalue weighted by Crippen LogP contribution is 2.29. The van der Waals surface area contributed by atoms with Gasteiger partial charge in [0.05, 0.1) is 27.3 Å². The van der Waals surface area contributed by atoms with Crippen molar-refractivity contribution in [2.45, 2.75) is 5.16 Å². The molecule has 0 radical (unpaired) electrons. The molecule has 28 heavy (non-hydrogen) atoms. The maximum atomic E-state index is 12.7. The van der Waals surface area contributed by atoms with Crippen LogP contribution in [-0.2, 0) is 0 Å². The number of thioether (sulfide) groups is 1. The first-order valence-corrected chi connectivity index (χ1v) is 10.2. The first-order valence-electron chi connectivity index (χ1n) is 8.79. The van der Waals surface area contributed by atoms with Crippen LogP contribution in [0.15, 0.2) is 78.0 Å². The van der Waals surface area contributed by atoms with Gasteiger partial charge in [-0.25, -0.2) is 9.97 Å². The highest BCUT2D eigenvalue weighted by atomic mass is 35.5. The summed E-state index contributed by atoms with van der Waals surface area (Å²) in [7, 11) is 0. The second kappa shape index (κ2) is 6.93. The maximum Gasteiger partial charge on any atom is 0.175 e. The lowest BCUT2D eigenvalue weighted by Crippen LogP contribution is -2.05. The fourth-order valence-corrected chi connectivity index (χ4v) is 4.44. The van der Waals surface area contributed by atoms with E-state index < -0.39 is 0 Å². The number of aromatic nitrogens is 3.